The lowest BCUT2D eigenvalue weighted by Gasteiger charge is -2.01. The first-order valence-corrected chi connectivity index (χ1v) is 5.27. The first kappa shape index (κ1) is 12.5. The number of benzene rings is 1. The highest BCUT2D eigenvalue weighted by molar-refractivity contribution is 5.85. The zero-order valence-corrected chi connectivity index (χ0v) is 9.63. The largest absolute Gasteiger partial charge is 0.478 e. The molecule has 0 bridgehead atoms. The highest BCUT2D eigenvalue weighted by atomic mass is 16.6. The Kier molecular flexibility index (Phi) is 3.37. The number of nitrogens with zero attached hydrogens (tertiary/aromatic N) is 3. The van der Waals surface area contributed by atoms with Crippen LogP contribution in [-0.2, 0) is 4.79 Å². The number of carboxylic acid groups (broad SMARTS) is 1. The van der Waals surface area contributed by atoms with Crippen LogP contribution in [0.25, 0.3) is 11.8 Å². The smallest absolute Gasteiger partial charge is 0.328 e. The Bertz CT molecular complexity index is 660. The molecule has 0 aliphatic heterocycles. The van der Waals surface area contributed by atoms with Crippen molar-refractivity contribution < 1.29 is 14.8 Å². The molecule has 1 aromatic heterocycles. The molecule has 0 atom stereocenters. The molecule has 0 aliphatic rings. The lowest BCUT2D eigenvalue weighted by Crippen LogP contribution is -1.99. The molecular formula is C12H9N3O4. The number of nitro groups is 1. The van der Waals surface area contributed by atoms with E-state index in [0.29, 0.717) is 11.3 Å². The number of hydrogen-bond acceptors (Lipinski definition) is 4. The highest BCUT2D eigenvalue weighted by Crippen LogP contribution is 2.21. The van der Waals surface area contributed by atoms with E-state index in [1.165, 1.54) is 29.2 Å². The van der Waals surface area contributed by atoms with Crippen LogP contribution in [-0.4, -0.2) is 25.8 Å². The van der Waals surface area contributed by atoms with Gasteiger partial charge in [-0.05, 0) is 12.1 Å². The Labute approximate surface area is 107 Å². The molecule has 7 nitrogen and oxygen atoms in total. The summed E-state index contributed by atoms with van der Waals surface area (Å²) in [6, 6.07) is 6.17. The highest BCUT2D eigenvalue weighted by Gasteiger charge is 2.14. The van der Waals surface area contributed by atoms with E-state index in [2.05, 4.69) is 5.10 Å². The standard InChI is InChI=1S/C12H9N3O4/c16-12(17)6-5-9-7-13-14(8-9)10-3-1-2-4-11(10)15(18)19/h1-8H,(H,16,17). The van der Waals surface area contributed by atoms with Crippen molar-refractivity contribution in [3.05, 3.63) is 58.4 Å². The summed E-state index contributed by atoms with van der Waals surface area (Å²) >= 11 is 0. The van der Waals surface area contributed by atoms with Gasteiger partial charge in [-0.3, -0.25) is 10.1 Å². The van der Waals surface area contributed by atoms with Crippen molar-refractivity contribution in [1.82, 2.24) is 9.78 Å². The number of aromatic nitrogens is 2. The molecule has 0 fully saturated rings. The Morgan fingerprint density at radius 1 is 1.42 bits per heavy atom. The van der Waals surface area contributed by atoms with Crippen LogP contribution in [0.5, 0.6) is 0 Å². The second-order valence-electron chi connectivity index (χ2n) is 3.64. The molecule has 0 unspecified atom stereocenters. The number of rotatable bonds is 4. The summed E-state index contributed by atoms with van der Waals surface area (Å²) in [6.07, 6.45) is 5.28. The van der Waals surface area contributed by atoms with Crippen molar-refractivity contribution in [2.24, 2.45) is 0 Å². The van der Waals surface area contributed by atoms with Crippen LogP contribution in [0, 0.1) is 10.1 Å². The molecule has 96 valence electrons. The van der Waals surface area contributed by atoms with Gasteiger partial charge in [0, 0.05) is 23.9 Å². The van der Waals surface area contributed by atoms with E-state index in [1.54, 1.807) is 18.2 Å². The molecular weight excluding hydrogens is 250 g/mol. The van der Waals surface area contributed by atoms with Gasteiger partial charge >= 0.3 is 5.97 Å². The summed E-state index contributed by atoms with van der Waals surface area (Å²) < 4.78 is 1.33. The van der Waals surface area contributed by atoms with E-state index >= 15 is 0 Å². The van der Waals surface area contributed by atoms with Crippen LogP contribution in [0.2, 0.25) is 0 Å². The Balaban J connectivity index is 2.38. The Morgan fingerprint density at radius 2 is 2.16 bits per heavy atom. The maximum absolute atomic E-state index is 10.9. The molecule has 0 saturated heterocycles. The average Bonchev–Trinajstić information content (AvgIpc) is 2.85. The molecule has 1 N–H and O–H groups in total. The Morgan fingerprint density at radius 3 is 2.84 bits per heavy atom. The third-order valence-electron chi connectivity index (χ3n) is 2.35. The van der Waals surface area contributed by atoms with E-state index < -0.39 is 10.9 Å². The van der Waals surface area contributed by atoms with Crippen LogP contribution >= 0.6 is 0 Å². The van der Waals surface area contributed by atoms with Gasteiger partial charge in [0.1, 0.15) is 5.69 Å². The van der Waals surface area contributed by atoms with Gasteiger partial charge in [-0.15, -0.1) is 0 Å². The second-order valence-corrected chi connectivity index (χ2v) is 3.64. The molecule has 1 aromatic carbocycles. The van der Waals surface area contributed by atoms with Crippen molar-refractivity contribution in [1.29, 1.82) is 0 Å². The number of hydrogen-bond donors (Lipinski definition) is 1. The van der Waals surface area contributed by atoms with Crippen molar-refractivity contribution in [2.75, 3.05) is 0 Å². The third-order valence-corrected chi connectivity index (χ3v) is 2.35. The summed E-state index contributed by atoms with van der Waals surface area (Å²) in [5.41, 5.74) is 0.794. The first-order valence-electron chi connectivity index (χ1n) is 5.27. The molecule has 1 heterocycles. The van der Waals surface area contributed by atoms with Gasteiger partial charge in [-0.25, -0.2) is 9.48 Å². The zero-order valence-electron chi connectivity index (χ0n) is 9.63. The molecule has 2 rings (SSSR count). The topological polar surface area (TPSA) is 98.3 Å². The van der Waals surface area contributed by atoms with Crippen molar-refractivity contribution in [3.8, 4) is 5.69 Å². The molecule has 0 spiro atoms. The summed E-state index contributed by atoms with van der Waals surface area (Å²) in [5, 5.41) is 23.4. The van der Waals surface area contributed by atoms with Gasteiger partial charge in [0.05, 0.1) is 11.1 Å². The van der Waals surface area contributed by atoms with Gasteiger partial charge in [0.15, 0.2) is 0 Å². The van der Waals surface area contributed by atoms with Crippen molar-refractivity contribution in [3.63, 3.8) is 0 Å². The maximum atomic E-state index is 10.9. The van der Waals surface area contributed by atoms with Gasteiger partial charge in [-0.1, -0.05) is 12.1 Å². The summed E-state index contributed by atoms with van der Waals surface area (Å²) in [4.78, 5) is 20.8. The van der Waals surface area contributed by atoms with Crippen LogP contribution in [0.1, 0.15) is 5.56 Å². The maximum Gasteiger partial charge on any atom is 0.328 e. The molecule has 7 heteroatoms. The first-order chi connectivity index (χ1) is 9.08. The Hall–Kier alpha value is -2.96. The van der Waals surface area contributed by atoms with E-state index in [9.17, 15) is 14.9 Å². The lowest BCUT2D eigenvalue weighted by atomic mass is 10.2. The van der Waals surface area contributed by atoms with Gasteiger partial charge in [0.2, 0.25) is 0 Å². The van der Waals surface area contributed by atoms with E-state index in [1.807, 2.05) is 0 Å². The molecule has 0 radical (unpaired) electrons. The van der Waals surface area contributed by atoms with Gasteiger partial charge < -0.3 is 5.11 Å². The van der Waals surface area contributed by atoms with E-state index in [4.69, 9.17) is 5.11 Å². The minimum Gasteiger partial charge on any atom is -0.478 e. The fourth-order valence-corrected chi connectivity index (χ4v) is 1.53. The van der Waals surface area contributed by atoms with Crippen LogP contribution in [0.15, 0.2) is 42.7 Å². The van der Waals surface area contributed by atoms with Crippen LogP contribution in [0.3, 0.4) is 0 Å². The van der Waals surface area contributed by atoms with Crippen LogP contribution < -0.4 is 0 Å². The predicted octanol–water partition coefficient (Wildman–Crippen LogP) is 1.88. The predicted molar refractivity (Wildman–Crippen MR) is 66.9 cm³/mol. The quantitative estimate of drug-likeness (QED) is 0.513. The average molecular weight is 259 g/mol. The minimum absolute atomic E-state index is 0.0700. The molecule has 0 saturated carbocycles. The fourth-order valence-electron chi connectivity index (χ4n) is 1.53. The monoisotopic (exact) mass is 259 g/mol. The number of aliphatic carboxylic acids is 1. The molecule has 2 aromatic rings. The number of carbonyl (C=O) groups is 1. The van der Waals surface area contributed by atoms with E-state index in [-0.39, 0.29) is 5.69 Å². The van der Waals surface area contributed by atoms with Crippen molar-refractivity contribution >= 4 is 17.7 Å². The molecule has 0 amide bonds. The summed E-state index contributed by atoms with van der Waals surface area (Å²) in [7, 11) is 0. The number of carboxylic acids is 1. The van der Waals surface area contributed by atoms with Crippen LogP contribution in [0.4, 0.5) is 5.69 Å². The number of nitro benzene ring substituents is 1. The van der Waals surface area contributed by atoms with Crippen molar-refractivity contribution in [2.45, 2.75) is 0 Å². The molecule has 19 heavy (non-hydrogen) atoms. The minimum atomic E-state index is -1.07. The van der Waals surface area contributed by atoms with E-state index in [0.717, 1.165) is 6.08 Å². The number of para-hydroxylation sites is 2. The SMILES string of the molecule is O=C(O)C=Cc1cnn(-c2ccccc2[N+](=O)[O-])c1. The molecule has 0 aliphatic carbocycles. The second kappa shape index (κ2) is 5.13. The third kappa shape index (κ3) is 2.83. The van der Waals surface area contributed by atoms with Gasteiger partial charge in [0.25, 0.3) is 5.69 Å². The lowest BCUT2D eigenvalue weighted by molar-refractivity contribution is -0.384. The summed E-state index contributed by atoms with van der Waals surface area (Å²) in [5.74, 6) is -1.07. The normalized spacial score (nSPS) is 10.7. The summed E-state index contributed by atoms with van der Waals surface area (Å²) in [6.45, 7) is 0. The fraction of sp³-hybridized carbons (Fsp3) is 0. The zero-order chi connectivity index (χ0) is 13.8. The van der Waals surface area contributed by atoms with Gasteiger partial charge in [-0.2, -0.15) is 5.10 Å².